The molecule has 1 aliphatic heterocycles. The molecule has 0 N–H and O–H groups in total. The fraction of sp³-hybridized carbons (Fsp3) is 0.333. The Balaban J connectivity index is 1.21. The molecule has 0 aromatic heterocycles. The molecule has 1 saturated heterocycles. The fourth-order valence-corrected chi connectivity index (χ4v) is 3.96. The van der Waals surface area contributed by atoms with Gasteiger partial charge in [-0.25, -0.2) is 0 Å². The first-order chi connectivity index (χ1) is 14.7. The van der Waals surface area contributed by atoms with E-state index in [1.165, 1.54) is 27.9 Å². The van der Waals surface area contributed by atoms with Crippen molar-refractivity contribution >= 4 is 5.69 Å². The minimum atomic E-state index is 0.712. The van der Waals surface area contributed by atoms with E-state index >= 15 is 0 Å². The average Bonchev–Trinajstić information content (AvgIpc) is 2.78. The van der Waals surface area contributed by atoms with Crippen LogP contribution in [0, 0.1) is 13.8 Å². The Labute approximate surface area is 180 Å². The summed E-state index contributed by atoms with van der Waals surface area (Å²) in [7, 11) is 0. The van der Waals surface area contributed by atoms with Crippen LogP contribution in [0.5, 0.6) is 5.75 Å². The van der Waals surface area contributed by atoms with Crippen molar-refractivity contribution in [1.29, 1.82) is 0 Å². The highest BCUT2D eigenvalue weighted by Crippen LogP contribution is 2.18. The Morgan fingerprint density at radius 2 is 1.43 bits per heavy atom. The number of hydrogen-bond acceptors (Lipinski definition) is 3. The second kappa shape index (κ2) is 9.82. The largest absolute Gasteiger partial charge is 0.493 e. The molecule has 0 spiro atoms. The first-order valence-corrected chi connectivity index (χ1v) is 11.0. The molecule has 3 aromatic rings. The van der Waals surface area contributed by atoms with Crippen LogP contribution in [0.15, 0.2) is 72.8 Å². The molecule has 0 atom stereocenters. The number of piperazine rings is 1. The summed E-state index contributed by atoms with van der Waals surface area (Å²) >= 11 is 0. The van der Waals surface area contributed by atoms with Crippen LogP contribution in [0.4, 0.5) is 5.69 Å². The number of nitrogens with zero attached hydrogens (tertiary/aromatic N) is 2. The number of anilines is 1. The zero-order valence-electron chi connectivity index (χ0n) is 18.2. The first kappa shape index (κ1) is 20.5. The molecule has 3 nitrogen and oxygen atoms in total. The molecular weight excluding hydrogens is 368 g/mol. The van der Waals surface area contributed by atoms with Gasteiger partial charge in [-0.15, -0.1) is 0 Å². The lowest BCUT2D eigenvalue weighted by molar-refractivity contribution is 0.250. The zero-order valence-corrected chi connectivity index (χ0v) is 18.2. The summed E-state index contributed by atoms with van der Waals surface area (Å²) < 4.78 is 5.93. The SMILES string of the molecule is Cc1ccc(OCCc2ccc(CN3CCN(c4ccccc4)CC3)cc2)cc1C. The molecule has 156 valence electrons. The summed E-state index contributed by atoms with van der Waals surface area (Å²) in [5.74, 6) is 0.962. The van der Waals surface area contributed by atoms with Crippen molar-refractivity contribution < 1.29 is 4.74 Å². The third-order valence-electron chi connectivity index (χ3n) is 6.06. The van der Waals surface area contributed by atoms with E-state index in [-0.39, 0.29) is 0 Å². The number of benzene rings is 3. The smallest absolute Gasteiger partial charge is 0.119 e. The van der Waals surface area contributed by atoms with Crippen LogP contribution in [0.3, 0.4) is 0 Å². The molecule has 4 rings (SSSR count). The lowest BCUT2D eigenvalue weighted by atomic mass is 10.1. The van der Waals surface area contributed by atoms with E-state index in [2.05, 4.69) is 96.4 Å². The van der Waals surface area contributed by atoms with Gasteiger partial charge in [-0.05, 0) is 60.4 Å². The van der Waals surface area contributed by atoms with Crippen LogP contribution >= 0.6 is 0 Å². The summed E-state index contributed by atoms with van der Waals surface area (Å²) in [6.45, 7) is 10.4. The van der Waals surface area contributed by atoms with Crippen LogP contribution in [0.25, 0.3) is 0 Å². The molecule has 1 fully saturated rings. The van der Waals surface area contributed by atoms with Gasteiger partial charge in [0, 0.05) is 44.8 Å². The minimum Gasteiger partial charge on any atom is -0.493 e. The molecule has 0 amide bonds. The zero-order chi connectivity index (χ0) is 20.8. The van der Waals surface area contributed by atoms with E-state index in [1.54, 1.807) is 0 Å². The second-order valence-corrected chi connectivity index (χ2v) is 8.26. The number of rotatable bonds is 7. The van der Waals surface area contributed by atoms with E-state index in [0.29, 0.717) is 6.61 Å². The van der Waals surface area contributed by atoms with E-state index in [1.807, 2.05) is 0 Å². The standard InChI is InChI=1S/C27H32N2O/c1-22-8-13-27(20-23(22)2)30-19-14-24-9-11-25(12-10-24)21-28-15-17-29(18-16-28)26-6-4-3-5-7-26/h3-13,20H,14-19,21H2,1-2H3. The molecule has 0 bridgehead atoms. The third-order valence-corrected chi connectivity index (χ3v) is 6.06. The number of para-hydroxylation sites is 1. The third kappa shape index (κ3) is 5.43. The molecule has 0 radical (unpaired) electrons. The van der Waals surface area contributed by atoms with Gasteiger partial charge < -0.3 is 9.64 Å². The van der Waals surface area contributed by atoms with Gasteiger partial charge in [-0.3, -0.25) is 4.90 Å². The fourth-order valence-electron chi connectivity index (χ4n) is 3.96. The summed E-state index contributed by atoms with van der Waals surface area (Å²) in [6, 6.07) is 26.1. The molecule has 0 unspecified atom stereocenters. The van der Waals surface area contributed by atoms with Gasteiger partial charge in [0.2, 0.25) is 0 Å². The maximum Gasteiger partial charge on any atom is 0.119 e. The Hall–Kier alpha value is -2.78. The minimum absolute atomic E-state index is 0.712. The maximum atomic E-state index is 5.93. The van der Waals surface area contributed by atoms with Gasteiger partial charge in [-0.1, -0.05) is 48.5 Å². The summed E-state index contributed by atoms with van der Waals surface area (Å²) in [5, 5.41) is 0. The van der Waals surface area contributed by atoms with E-state index in [9.17, 15) is 0 Å². The monoisotopic (exact) mass is 400 g/mol. The summed E-state index contributed by atoms with van der Waals surface area (Å²) in [4.78, 5) is 5.03. The number of ether oxygens (including phenoxy) is 1. The predicted octanol–water partition coefficient (Wildman–Crippen LogP) is 5.25. The van der Waals surface area contributed by atoms with Crippen LogP contribution < -0.4 is 9.64 Å². The molecule has 0 aliphatic carbocycles. The normalized spacial score (nSPS) is 14.7. The highest BCUT2D eigenvalue weighted by atomic mass is 16.5. The lowest BCUT2D eigenvalue weighted by Gasteiger charge is -2.36. The van der Waals surface area contributed by atoms with Gasteiger partial charge in [0.05, 0.1) is 6.61 Å². The van der Waals surface area contributed by atoms with Crippen molar-refractivity contribution in [3.63, 3.8) is 0 Å². The van der Waals surface area contributed by atoms with Crippen molar-refractivity contribution in [3.05, 3.63) is 95.1 Å². The molecule has 3 heteroatoms. The van der Waals surface area contributed by atoms with Crippen molar-refractivity contribution in [2.45, 2.75) is 26.8 Å². The van der Waals surface area contributed by atoms with Gasteiger partial charge in [-0.2, -0.15) is 0 Å². The number of hydrogen-bond donors (Lipinski definition) is 0. The van der Waals surface area contributed by atoms with Gasteiger partial charge >= 0.3 is 0 Å². The van der Waals surface area contributed by atoms with Crippen LogP contribution in [-0.4, -0.2) is 37.7 Å². The van der Waals surface area contributed by atoms with E-state index in [0.717, 1.165) is 44.9 Å². The second-order valence-electron chi connectivity index (χ2n) is 8.26. The van der Waals surface area contributed by atoms with E-state index < -0.39 is 0 Å². The predicted molar refractivity (Wildman–Crippen MR) is 125 cm³/mol. The van der Waals surface area contributed by atoms with Gasteiger partial charge in [0.15, 0.2) is 0 Å². The van der Waals surface area contributed by atoms with Crippen LogP contribution in [-0.2, 0) is 13.0 Å². The van der Waals surface area contributed by atoms with E-state index in [4.69, 9.17) is 4.74 Å². The summed E-state index contributed by atoms with van der Waals surface area (Å²) in [5.41, 5.74) is 6.64. The van der Waals surface area contributed by atoms with Crippen LogP contribution in [0.2, 0.25) is 0 Å². The quantitative estimate of drug-likeness (QED) is 0.539. The lowest BCUT2D eigenvalue weighted by Crippen LogP contribution is -2.45. The van der Waals surface area contributed by atoms with Crippen molar-refractivity contribution in [2.75, 3.05) is 37.7 Å². The highest BCUT2D eigenvalue weighted by molar-refractivity contribution is 5.46. The Kier molecular flexibility index (Phi) is 6.70. The molecule has 0 saturated carbocycles. The molecule has 1 heterocycles. The topological polar surface area (TPSA) is 15.7 Å². The Morgan fingerprint density at radius 1 is 0.733 bits per heavy atom. The van der Waals surface area contributed by atoms with Gasteiger partial charge in [0.25, 0.3) is 0 Å². The van der Waals surface area contributed by atoms with Crippen molar-refractivity contribution in [2.24, 2.45) is 0 Å². The van der Waals surface area contributed by atoms with Crippen molar-refractivity contribution in [1.82, 2.24) is 4.90 Å². The average molecular weight is 401 g/mol. The molecule has 30 heavy (non-hydrogen) atoms. The Morgan fingerprint density at radius 3 is 2.13 bits per heavy atom. The van der Waals surface area contributed by atoms with Crippen molar-refractivity contribution in [3.8, 4) is 5.75 Å². The highest BCUT2D eigenvalue weighted by Gasteiger charge is 2.17. The van der Waals surface area contributed by atoms with Gasteiger partial charge in [0.1, 0.15) is 5.75 Å². The van der Waals surface area contributed by atoms with Crippen LogP contribution in [0.1, 0.15) is 22.3 Å². The first-order valence-electron chi connectivity index (χ1n) is 11.0. The summed E-state index contributed by atoms with van der Waals surface area (Å²) in [6.07, 6.45) is 0.933. The molecular formula is C27H32N2O. The number of aryl methyl sites for hydroxylation is 2. The Bertz CT molecular complexity index is 929. The maximum absolute atomic E-state index is 5.93. The molecule has 3 aromatic carbocycles. The molecule has 1 aliphatic rings.